The van der Waals surface area contributed by atoms with Crippen LogP contribution in [0.5, 0.6) is 5.75 Å². The van der Waals surface area contributed by atoms with Gasteiger partial charge < -0.3 is 15.0 Å². The second-order valence-corrected chi connectivity index (χ2v) is 4.09. The van der Waals surface area contributed by atoms with Crippen molar-refractivity contribution in [2.75, 3.05) is 6.61 Å². The maximum Gasteiger partial charge on any atom is 0.253 e. The van der Waals surface area contributed by atoms with E-state index in [1.54, 1.807) is 19.3 Å². The predicted molar refractivity (Wildman–Crippen MR) is 55.4 cm³/mol. The molecule has 1 heterocycles. The Kier molecular flexibility index (Phi) is 2.96. The third-order valence-corrected chi connectivity index (χ3v) is 1.69. The van der Waals surface area contributed by atoms with Gasteiger partial charge >= 0.3 is 0 Å². The van der Waals surface area contributed by atoms with Crippen LogP contribution in [0.15, 0.2) is 23.1 Å². The number of rotatable bonds is 3. The van der Waals surface area contributed by atoms with E-state index in [1.807, 2.05) is 13.8 Å². The van der Waals surface area contributed by atoms with E-state index >= 15 is 0 Å². The molecule has 0 saturated carbocycles. The van der Waals surface area contributed by atoms with Gasteiger partial charge in [0.15, 0.2) is 0 Å². The Hall–Kier alpha value is -1.29. The molecule has 0 amide bonds. The van der Waals surface area contributed by atoms with Gasteiger partial charge in [-0.3, -0.25) is 4.79 Å². The molecule has 0 bridgehead atoms. The van der Waals surface area contributed by atoms with E-state index in [-0.39, 0.29) is 11.1 Å². The van der Waals surface area contributed by atoms with Gasteiger partial charge in [0.2, 0.25) is 0 Å². The molecule has 4 heteroatoms. The number of nitrogens with two attached hydrogens (primary N) is 1. The second kappa shape index (κ2) is 3.84. The molecule has 0 fully saturated rings. The summed E-state index contributed by atoms with van der Waals surface area (Å²) in [4.78, 5) is 11.2. The van der Waals surface area contributed by atoms with Crippen LogP contribution in [0.25, 0.3) is 0 Å². The van der Waals surface area contributed by atoms with Gasteiger partial charge in [-0.05, 0) is 19.9 Å². The first kappa shape index (κ1) is 10.8. The average Bonchev–Trinajstić information content (AvgIpc) is 2.06. The quantitative estimate of drug-likeness (QED) is 0.766. The number of hydrogen-bond donors (Lipinski definition) is 1. The molecule has 0 atom stereocenters. The topological polar surface area (TPSA) is 57.2 Å². The van der Waals surface area contributed by atoms with Crippen LogP contribution in [0.1, 0.15) is 13.8 Å². The van der Waals surface area contributed by atoms with E-state index in [1.165, 1.54) is 10.6 Å². The zero-order valence-electron chi connectivity index (χ0n) is 8.78. The second-order valence-electron chi connectivity index (χ2n) is 4.09. The molecule has 1 aromatic heterocycles. The molecule has 0 aliphatic heterocycles. The Morgan fingerprint density at radius 1 is 1.57 bits per heavy atom. The van der Waals surface area contributed by atoms with Crippen molar-refractivity contribution >= 4 is 0 Å². The Morgan fingerprint density at radius 2 is 2.21 bits per heavy atom. The Morgan fingerprint density at radius 3 is 2.71 bits per heavy atom. The first-order valence-electron chi connectivity index (χ1n) is 4.47. The molecular formula is C10H16N2O2. The van der Waals surface area contributed by atoms with Crippen molar-refractivity contribution in [3.05, 3.63) is 28.7 Å². The van der Waals surface area contributed by atoms with E-state index in [0.29, 0.717) is 12.4 Å². The van der Waals surface area contributed by atoms with Crippen molar-refractivity contribution in [2.24, 2.45) is 12.8 Å². The smallest absolute Gasteiger partial charge is 0.253 e. The summed E-state index contributed by atoms with van der Waals surface area (Å²) in [6.07, 6.45) is 1.67. The van der Waals surface area contributed by atoms with Crippen LogP contribution in [-0.2, 0) is 7.05 Å². The van der Waals surface area contributed by atoms with E-state index < -0.39 is 0 Å². The molecule has 0 aliphatic carbocycles. The number of aryl methyl sites for hydroxylation is 1. The van der Waals surface area contributed by atoms with Gasteiger partial charge in [0.25, 0.3) is 5.56 Å². The van der Waals surface area contributed by atoms with Crippen LogP contribution >= 0.6 is 0 Å². The lowest BCUT2D eigenvalue weighted by molar-refractivity contribution is 0.242. The highest BCUT2D eigenvalue weighted by Gasteiger charge is 2.11. The van der Waals surface area contributed by atoms with Crippen LogP contribution in [0.2, 0.25) is 0 Å². The van der Waals surface area contributed by atoms with Gasteiger partial charge in [0.1, 0.15) is 12.4 Å². The van der Waals surface area contributed by atoms with E-state index in [4.69, 9.17) is 10.5 Å². The first-order valence-corrected chi connectivity index (χ1v) is 4.47. The van der Waals surface area contributed by atoms with Crippen LogP contribution in [0.3, 0.4) is 0 Å². The molecule has 4 nitrogen and oxygen atoms in total. The number of pyridine rings is 1. The highest BCUT2D eigenvalue weighted by molar-refractivity contribution is 5.17. The fourth-order valence-electron chi connectivity index (χ4n) is 0.889. The van der Waals surface area contributed by atoms with Crippen molar-refractivity contribution in [3.8, 4) is 5.75 Å². The molecule has 1 rings (SSSR count). The maximum atomic E-state index is 11.2. The molecule has 0 aromatic carbocycles. The minimum absolute atomic E-state index is 0.0858. The summed E-state index contributed by atoms with van der Waals surface area (Å²) in [7, 11) is 1.69. The molecule has 14 heavy (non-hydrogen) atoms. The highest BCUT2D eigenvalue weighted by Crippen LogP contribution is 2.07. The molecule has 0 aliphatic rings. The highest BCUT2D eigenvalue weighted by atomic mass is 16.5. The van der Waals surface area contributed by atoms with Crippen molar-refractivity contribution in [1.29, 1.82) is 0 Å². The molecule has 0 saturated heterocycles. The predicted octanol–water partition coefficient (Wildman–Crippen LogP) is 0.501. The maximum absolute atomic E-state index is 11.2. The van der Waals surface area contributed by atoms with Gasteiger partial charge in [-0.2, -0.15) is 0 Å². The van der Waals surface area contributed by atoms with Crippen LogP contribution < -0.4 is 16.0 Å². The Labute approximate surface area is 83.3 Å². The summed E-state index contributed by atoms with van der Waals surface area (Å²) in [5.74, 6) is 0.562. The van der Waals surface area contributed by atoms with Crippen LogP contribution in [0.4, 0.5) is 0 Å². The van der Waals surface area contributed by atoms with Crippen LogP contribution in [-0.4, -0.2) is 16.7 Å². The normalized spacial score (nSPS) is 11.4. The zero-order valence-corrected chi connectivity index (χ0v) is 8.78. The van der Waals surface area contributed by atoms with Crippen molar-refractivity contribution in [3.63, 3.8) is 0 Å². The number of nitrogens with zero attached hydrogens (tertiary/aromatic N) is 1. The molecular weight excluding hydrogens is 180 g/mol. The minimum atomic E-state index is -0.388. The minimum Gasteiger partial charge on any atom is -0.491 e. The number of aromatic nitrogens is 1. The van der Waals surface area contributed by atoms with Gasteiger partial charge in [-0.1, -0.05) is 0 Å². The van der Waals surface area contributed by atoms with Crippen molar-refractivity contribution < 1.29 is 4.74 Å². The van der Waals surface area contributed by atoms with Gasteiger partial charge in [-0.25, -0.2) is 0 Å². The summed E-state index contributed by atoms with van der Waals surface area (Å²) in [6.45, 7) is 4.13. The molecule has 0 radical (unpaired) electrons. The van der Waals surface area contributed by atoms with Gasteiger partial charge in [0, 0.05) is 24.8 Å². The fourth-order valence-corrected chi connectivity index (χ4v) is 0.889. The van der Waals surface area contributed by atoms with E-state index in [0.717, 1.165) is 0 Å². The molecule has 1 aromatic rings. The molecule has 78 valence electrons. The van der Waals surface area contributed by atoms with Crippen molar-refractivity contribution in [1.82, 2.24) is 4.57 Å². The largest absolute Gasteiger partial charge is 0.491 e. The van der Waals surface area contributed by atoms with E-state index in [2.05, 4.69) is 0 Å². The summed E-state index contributed by atoms with van der Waals surface area (Å²) in [5.41, 5.74) is 5.27. The summed E-state index contributed by atoms with van der Waals surface area (Å²) < 4.78 is 6.85. The molecule has 2 N–H and O–H groups in total. The molecule has 0 unspecified atom stereocenters. The van der Waals surface area contributed by atoms with Gasteiger partial charge in [0.05, 0.1) is 0 Å². The standard InChI is InChI=1S/C10H16N2O2/c1-10(2,11)7-14-8-4-5-12(3)9(13)6-8/h4-6H,7,11H2,1-3H3. The number of ether oxygens (including phenoxy) is 1. The van der Waals surface area contributed by atoms with Crippen molar-refractivity contribution in [2.45, 2.75) is 19.4 Å². The lowest BCUT2D eigenvalue weighted by Gasteiger charge is -2.18. The Balaban J connectivity index is 2.70. The Bertz CT molecular complexity index is 363. The summed E-state index contributed by atoms with van der Waals surface area (Å²) in [5, 5.41) is 0. The average molecular weight is 196 g/mol. The SMILES string of the molecule is Cn1ccc(OCC(C)(C)N)cc1=O. The third kappa shape index (κ3) is 3.22. The van der Waals surface area contributed by atoms with Crippen LogP contribution in [0, 0.1) is 0 Å². The van der Waals surface area contributed by atoms with Gasteiger partial charge in [-0.15, -0.1) is 0 Å². The number of hydrogen-bond acceptors (Lipinski definition) is 3. The molecule has 0 spiro atoms. The summed E-state index contributed by atoms with van der Waals surface area (Å²) in [6, 6.07) is 3.19. The summed E-state index contributed by atoms with van der Waals surface area (Å²) >= 11 is 0. The van der Waals surface area contributed by atoms with E-state index in [9.17, 15) is 4.79 Å². The lowest BCUT2D eigenvalue weighted by atomic mass is 10.1. The lowest BCUT2D eigenvalue weighted by Crippen LogP contribution is -2.38. The zero-order chi connectivity index (χ0) is 10.8. The third-order valence-electron chi connectivity index (χ3n) is 1.69. The monoisotopic (exact) mass is 196 g/mol. The fraction of sp³-hybridized carbons (Fsp3) is 0.500. The first-order chi connectivity index (χ1) is 6.38.